The van der Waals surface area contributed by atoms with Crippen molar-refractivity contribution in [2.75, 3.05) is 12.4 Å². The van der Waals surface area contributed by atoms with Crippen LogP contribution in [0.1, 0.15) is 30.5 Å². The molecular formula is C19H24N2O2. The van der Waals surface area contributed by atoms with Gasteiger partial charge in [-0.25, -0.2) is 4.79 Å². The lowest BCUT2D eigenvalue weighted by Gasteiger charge is -2.27. The van der Waals surface area contributed by atoms with E-state index in [-0.39, 0.29) is 6.03 Å². The average Bonchev–Trinajstić information content (AvgIpc) is 2.49. The number of hydrogen-bond acceptors (Lipinski definition) is 2. The highest BCUT2D eigenvalue weighted by atomic mass is 16.5. The van der Waals surface area contributed by atoms with Crippen LogP contribution < -0.4 is 15.4 Å². The zero-order valence-corrected chi connectivity index (χ0v) is 14.4. The number of carbonyl (C=O) groups is 1. The minimum atomic E-state index is -0.491. The third kappa shape index (κ3) is 4.25. The normalized spacial score (nSPS) is 11.0. The van der Waals surface area contributed by atoms with Crippen LogP contribution >= 0.6 is 0 Å². The van der Waals surface area contributed by atoms with Crippen molar-refractivity contribution in [3.63, 3.8) is 0 Å². The Morgan fingerprint density at radius 3 is 2.26 bits per heavy atom. The molecule has 2 amide bonds. The lowest BCUT2D eigenvalue weighted by molar-refractivity contribution is 0.242. The largest absolute Gasteiger partial charge is 0.497 e. The fourth-order valence-electron chi connectivity index (χ4n) is 2.47. The summed E-state index contributed by atoms with van der Waals surface area (Å²) < 4.78 is 5.17. The number of methoxy groups -OCH3 is 1. The number of rotatable bonds is 4. The summed E-state index contributed by atoms with van der Waals surface area (Å²) in [6.07, 6.45) is 0. The highest BCUT2D eigenvalue weighted by molar-refractivity contribution is 5.90. The maximum atomic E-state index is 12.3. The molecule has 0 unspecified atom stereocenters. The van der Waals surface area contributed by atoms with Crippen molar-refractivity contribution >= 4 is 11.7 Å². The molecule has 0 atom stereocenters. The van der Waals surface area contributed by atoms with E-state index in [0.29, 0.717) is 0 Å². The van der Waals surface area contributed by atoms with Crippen molar-refractivity contribution < 1.29 is 9.53 Å². The Hall–Kier alpha value is -2.49. The Morgan fingerprint density at radius 1 is 1.04 bits per heavy atom. The smallest absolute Gasteiger partial charge is 0.319 e. The van der Waals surface area contributed by atoms with Crippen LogP contribution in [-0.2, 0) is 5.54 Å². The van der Waals surface area contributed by atoms with Crippen LogP contribution in [0.2, 0.25) is 0 Å². The van der Waals surface area contributed by atoms with Gasteiger partial charge in [0.1, 0.15) is 5.75 Å². The summed E-state index contributed by atoms with van der Waals surface area (Å²) in [7, 11) is 1.63. The number of amides is 2. The number of aryl methyl sites for hydroxylation is 2. The summed E-state index contributed by atoms with van der Waals surface area (Å²) in [4.78, 5) is 12.3. The van der Waals surface area contributed by atoms with E-state index in [4.69, 9.17) is 4.74 Å². The Labute approximate surface area is 137 Å². The molecular weight excluding hydrogens is 288 g/mol. The number of ether oxygens (including phenoxy) is 1. The van der Waals surface area contributed by atoms with Gasteiger partial charge in [-0.2, -0.15) is 0 Å². The molecule has 2 rings (SSSR count). The third-order valence-corrected chi connectivity index (χ3v) is 3.87. The van der Waals surface area contributed by atoms with Crippen molar-refractivity contribution in [3.8, 4) is 5.75 Å². The molecule has 0 saturated carbocycles. The first-order valence-electron chi connectivity index (χ1n) is 7.63. The van der Waals surface area contributed by atoms with Crippen molar-refractivity contribution in [2.45, 2.75) is 33.2 Å². The van der Waals surface area contributed by atoms with Gasteiger partial charge in [-0.1, -0.05) is 29.8 Å². The maximum Gasteiger partial charge on any atom is 0.319 e. The minimum Gasteiger partial charge on any atom is -0.497 e. The van der Waals surface area contributed by atoms with E-state index >= 15 is 0 Å². The molecule has 2 N–H and O–H groups in total. The summed E-state index contributed by atoms with van der Waals surface area (Å²) in [6.45, 7) is 7.95. The number of nitrogens with one attached hydrogen (secondary N) is 2. The number of benzene rings is 2. The number of anilines is 1. The molecule has 0 radical (unpaired) electrons. The van der Waals surface area contributed by atoms with E-state index in [1.807, 2.05) is 70.2 Å². The second kappa shape index (κ2) is 6.73. The molecule has 23 heavy (non-hydrogen) atoms. The first-order chi connectivity index (χ1) is 10.8. The monoisotopic (exact) mass is 312 g/mol. The van der Waals surface area contributed by atoms with Gasteiger partial charge < -0.3 is 15.4 Å². The summed E-state index contributed by atoms with van der Waals surface area (Å²) in [5.74, 6) is 0.796. The van der Waals surface area contributed by atoms with Crippen LogP contribution in [-0.4, -0.2) is 13.1 Å². The van der Waals surface area contributed by atoms with Crippen LogP contribution in [0.15, 0.2) is 42.5 Å². The van der Waals surface area contributed by atoms with E-state index in [1.54, 1.807) is 7.11 Å². The summed E-state index contributed by atoms with van der Waals surface area (Å²) >= 11 is 0. The quantitative estimate of drug-likeness (QED) is 0.881. The van der Waals surface area contributed by atoms with Crippen molar-refractivity contribution in [1.29, 1.82) is 0 Å². The Balaban J connectivity index is 2.08. The second-order valence-electron chi connectivity index (χ2n) is 6.25. The van der Waals surface area contributed by atoms with Gasteiger partial charge in [-0.3, -0.25) is 0 Å². The van der Waals surface area contributed by atoms with Gasteiger partial charge in [-0.05, 0) is 57.0 Å². The molecule has 0 fully saturated rings. The van der Waals surface area contributed by atoms with Crippen LogP contribution in [0, 0.1) is 13.8 Å². The third-order valence-electron chi connectivity index (χ3n) is 3.87. The summed E-state index contributed by atoms with van der Waals surface area (Å²) in [5, 5.41) is 5.92. The van der Waals surface area contributed by atoms with Crippen molar-refractivity contribution in [1.82, 2.24) is 5.32 Å². The molecule has 0 spiro atoms. The fourth-order valence-corrected chi connectivity index (χ4v) is 2.47. The van der Waals surface area contributed by atoms with E-state index in [0.717, 1.165) is 22.6 Å². The first kappa shape index (κ1) is 16.9. The van der Waals surface area contributed by atoms with E-state index in [2.05, 4.69) is 10.6 Å². The fraction of sp³-hybridized carbons (Fsp3) is 0.316. The van der Waals surface area contributed by atoms with Gasteiger partial charge >= 0.3 is 6.03 Å². The SMILES string of the molecule is COc1ccc(C(C)(C)NC(=O)Nc2ccc(C)cc2C)cc1. The van der Waals surface area contributed by atoms with Gasteiger partial charge in [0, 0.05) is 5.69 Å². The van der Waals surface area contributed by atoms with Crippen LogP contribution in [0.25, 0.3) is 0 Å². The number of carbonyl (C=O) groups excluding carboxylic acids is 1. The average molecular weight is 312 g/mol. The minimum absolute atomic E-state index is 0.224. The lowest BCUT2D eigenvalue weighted by atomic mass is 9.94. The van der Waals surface area contributed by atoms with Gasteiger partial charge in [0.25, 0.3) is 0 Å². The molecule has 0 aliphatic rings. The molecule has 2 aromatic carbocycles. The zero-order valence-electron chi connectivity index (χ0n) is 14.4. The van der Waals surface area contributed by atoms with Crippen LogP contribution in [0.3, 0.4) is 0 Å². The molecule has 0 aliphatic heterocycles. The molecule has 2 aromatic rings. The summed E-state index contributed by atoms with van der Waals surface area (Å²) in [5.41, 5.74) is 3.55. The highest BCUT2D eigenvalue weighted by Gasteiger charge is 2.23. The van der Waals surface area contributed by atoms with Gasteiger partial charge in [-0.15, -0.1) is 0 Å². The van der Waals surface area contributed by atoms with Gasteiger partial charge in [0.05, 0.1) is 12.6 Å². The van der Waals surface area contributed by atoms with Crippen LogP contribution in [0.5, 0.6) is 5.75 Å². The molecule has 0 heterocycles. The predicted molar refractivity (Wildman–Crippen MR) is 94.1 cm³/mol. The van der Waals surface area contributed by atoms with Crippen molar-refractivity contribution in [3.05, 3.63) is 59.2 Å². The molecule has 122 valence electrons. The highest BCUT2D eigenvalue weighted by Crippen LogP contribution is 2.23. The van der Waals surface area contributed by atoms with Gasteiger partial charge in [0.15, 0.2) is 0 Å². The Kier molecular flexibility index (Phi) is 4.94. The summed E-state index contributed by atoms with van der Waals surface area (Å²) in [6, 6.07) is 13.4. The van der Waals surface area contributed by atoms with Crippen LogP contribution in [0.4, 0.5) is 10.5 Å². The molecule has 0 aliphatic carbocycles. The second-order valence-corrected chi connectivity index (χ2v) is 6.25. The Morgan fingerprint density at radius 2 is 1.70 bits per heavy atom. The topological polar surface area (TPSA) is 50.4 Å². The first-order valence-corrected chi connectivity index (χ1v) is 7.63. The Bertz CT molecular complexity index is 691. The van der Waals surface area contributed by atoms with Gasteiger partial charge in [0.2, 0.25) is 0 Å². The molecule has 0 bridgehead atoms. The van der Waals surface area contributed by atoms with E-state index in [1.165, 1.54) is 5.56 Å². The molecule has 0 aromatic heterocycles. The standard InChI is InChI=1S/C19H24N2O2/c1-13-6-11-17(14(2)12-13)20-18(22)21-19(3,4)15-7-9-16(23-5)10-8-15/h6-12H,1-5H3,(H2,20,21,22). The zero-order chi connectivity index (χ0) is 17.0. The molecule has 4 nitrogen and oxygen atoms in total. The maximum absolute atomic E-state index is 12.3. The molecule has 4 heteroatoms. The van der Waals surface area contributed by atoms with Crippen molar-refractivity contribution in [2.24, 2.45) is 0 Å². The molecule has 0 saturated heterocycles. The van der Waals surface area contributed by atoms with E-state index in [9.17, 15) is 4.79 Å². The van der Waals surface area contributed by atoms with E-state index < -0.39 is 5.54 Å². The number of urea groups is 1. The lowest BCUT2D eigenvalue weighted by Crippen LogP contribution is -2.43. The predicted octanol–water partition coefficient (Wildman–Crippen LogP) is 4.37. The number of hydrogen-bond donors (Lipinski definition) is 2.